The van der Waals surface area contributed by atoms with Crippen LogP contribution in [0.1, 0.15) is 32.1 Å². The quantitative estimate of drug-likeness (QED) is 0.804. The molecule has 0 radical (unpaired) electrons. The molecule has 2 fully saturated rings. The zero-order valence-corrected chi connectivity index (χ0v) is 13.1. The monoisotopic (exact) mass is 302 g/mol. The number of benzene rings is 1. The van der Waals surface area contributed by atoms with Crippen molar-refractivity contribution in [3.63, 3.8) is 0 Å². The fourth-order valence-electron chi connectivity index (χ4n) is 3.23. The minimum Gasteiger partial charge on any atom is -0.372 e. The van der Waals surface area contributed by atoms with Gasteiger partial charge in [-0.2, -0.15) is 0 Å². The van der Waals surface area contributed by atoms with Gasteiger partial charge in [0.05, 0.1) is 0 Å². The lowest BCUT2D eigenvalue weighted by molar-refractivity contribution is 0.245. The van der Waals surface area contributed by atoms with E-state index in [9.17, 15) is 4.79 Å². The van der Waals surface area contributed by atoms with E-state index in [-0.39, 0.29) is 12.1 Å². The maximum Gasteiger partial charge on any atom is 0.319 e. The van der Waals surface area contributed by atoms with Gasteiger partial charge in [0.1, 0.15) is 0 Å². The Morgan fingerprint density at radius 2 is 1.73 bits per heavy atom. The Labute approximate surface area is 132 Å². The minimum atomic E-state index is -0.0994. The Bertz CT molecular complexity index is 476. The molecule has 2 saturated heterocycles. The molecule has 0 saturated carbocycles. The first-order valence-corrected chi connectivity index (χ1v) is 8.44. The SMILES string of the molecule is O=C(Nc1ccc(N2CCCCC2)cc1)NC1CCNCC1. The van der Waals surface area contributed by atoms with Crippen molar-refractivity contribution in [1.29, 1.82) is 0 Å². The summed E-state index contributed by atoms with van der Waals surface area (Å²) in [6.07, 6.45) is 5.90. The van der Waals surface area contributed by atoms with Gasteiger partial charge in [0.25, 0.3) is 0 Å². The molecular formula is C17H26N4O. The summed E-state index contributed by atoms with van der Waals surface area (Å²) in [5, 5.41) is 9.27. The van der Waals surface area contributed by atoms with Crippen molar-refractivity contribution in [3.05, 3.63) is 24.3 Å². The van der Waals surface area contributed by atoms with Gasteiger partial charge in [0.2, 0.25) is 0 Å². The number of hydrogen-bond donors (Lipinski definition) is 3. The maximum atomic E-state index is 12.0. The molecule has 1 aromatic rings. The van der Waals surface area contributed by atoms with E-state index in [1.807, 2.05) is 12.1 Å². The number of nitrogens with one attached hydrogen (secondary N) is 3. The Morgan fingerprint density at radius 3 is 2.41 bits per heavy atom. The standard InChI is InChI=1S/C17H26N4O/c22-17(20-15-8-10-18-11-9-15)19-14-4-6-16(7-5-14)21-12-2-1-3-13-21/h4-7,15,18H,1-3,8-13H2,(H2,19,20,22). The number of urea groups is 1. The molecule has 0 bridgehead atoms. The van der Waals surface area contributed by atoms with Crippen LogP contribution >= 0.6 is 0 Å². The van der Waals surface area contributed by atoms with E-state index in [2.05, 4.69) is 33.0 Å². The van der Waals surface area contributed by atoms with E-state index < -0.39 is 0 Å². The third kappa shape index (κ3) is 4.13. The second-order valence-corrected chi connectivity index (χ2v) is 6.22. The molecule has 0 unspecified atom stereocenters. The number of amides is 2. The lowest BCUT2D eigenvalue weighted by Gasteiger charge is -2.29. The number of nitrogens with zero attached hydrogens (tertiary/aromatic N) is 1. The molecule has 0 aliphatic carbocycles. The molecule has 0 spiro atoms. The number of hydrogen-bond acceptors (Lipinski definition) is 3. The Balaban J connectivity index is 1.50. The van der Waals surface area contributed by atoms with Gasteiger partial charge >= 0.3 is 6.03 Å². The highest BCUT2D eigenvalue weighted by Crippen LogP contribution is 2.21. The first kappa shape index (κ1) is 15.2. The molecule has 2 heterocycles. The maximum absolute atomic E-state index is 12.0. The van der Waals surface area contributed by atoms with E-state index >= 15 is 0 Å². The Hall–Kier alpha value is -1.75. The Morgan fingerprint density at radius 1 is 1.05 bits per heavy atom. The van der Waals surface area contributed by atoms with Gasteiger partial charge in [0, 0.05) is 30.5 Å². The van der Waals surface area contributed by atoms with Gasteiger partial charge in [-0.1, -0.05) is 0 Å². The van der Waals surface area contributed by atoms with Gasteiger partial charge in [0.15, 0.2) is 0 Å². The molecule has 5 heteroatoms. The van der Waals surface area contributed by atoms with Crippen molar-refractivity contribution < 1.29 is 4.79 Å². The normalized spacial score (nSPS) is 19.7. The van der Waals surface area contributed by atoms with Gasteiger partial charge < -0.3 is 20.9 Å². The van der Waals surface area contributed by atoms with Crippen LogP contribution in [0.5, 0.6) is 0 Å². The van der Waals surface area contributed by atoms with E-state index in [1.54, 1.807) is 0 Å². The predicted molar refractivity (Wildman–Crippen MR) is 90.6 cm³/mol. The molecular weight excluding hydrogens is 276 g/mol. The number of carbonyl (C=O) groups is 1. The van der Waals surface area contributed by atoms with Crippen molar-refractivity contribution >= 4 is 17.4 Å². The van der Waals surface area contributed by atoms with Crippen LogP contribution in [0.4, 0.5) is 16.2 Å². The molecule has 3 rings (SSSR count). The van der Waals surface area contributed by atoms with Crippen LogP contribution in [0.15, 0.2) is 24.3 Å². The highest BCUT2D eigenvalue weighted by molar-refractivity contribution is 5.89. The summed E-state index contributed by atoms with van der Waals surface area (Å²) >= 11 is 0. The highest BCUT2D eigenvalue weighted by Gasteiger charge is 2.15. The van der Waals surface area contributed by atoms with Gasteiger partial charge in [-0.05, 0) is 69.5 Å². The zero-order chi connectivity index (χ0) is 15.2. The first-order valence-electron chi connectivity index (χ1n) is 8.44. The van der Waals surface area contributed by atoms with Crippen LogP contribution in [0.25, 0.3) is 0 Å². The van der Waals surface area contributed by atoms with Crippen molar-refractivity contribution in [2.24, 2.45) is 0 Å². The molecule has 2 aliphatic heterocycles. The van der Waals surface area contributed by atoms with E-state index in [0.717, 1.165) is 44.7 Å². The second kappa shape index (κ2) is 7.49. The van der Waals surface area contributed by atoms with Crippen LogP contribution < -0.4 is 20.9 Å². The average molecular weight is 302 g/mol. The summed E-state index contributed by atoms with van der Waals surface area (Å²) < 4.78 is 0. The molecule has 0 atom stereocenters. The topological polar surface area (TPSA) is 56.4 Å². The summed E-state index contributed by atoms with van der Waals surface area (Å²) in [6, 6.07) is 8.38. The van der Waals surface area contributed by atoms with Crippen molar-refractivity contribution in [1.82, 2.24) is 10.6 Å². The van der Waals surface area contributed by atoms with Gasteiger partial charge in [-0.15, -0.1) is 0 Å². The molecule has 3 N–H and O–H groups in total. The van der Waals surface area contributed by atoms with Gasteiger partial charge in [-0.25, -0.2) is 4.79 Å². The summed E-state index contributed by atoms with van der Waals surface area (Å²) in [5.41, 5.74) is 2.11. The van der Waals surface area contributed by atoms with Crippen LogP contribution in [-0.4, -0.2) is 38.3 Å². The Kier molecular flexibility index (Phi) is 5.16. The number of piperidine rings is 2. The zero-order valence-electron chi connectivity index (χ0n) is 13.1. The van der Waals surface area contributed by atoms with Crippen LogP contribution in [0, 0.1) is 0 Å². The third-order valence-corrected chi connectivity index (χ3v) is 4.52. The molecule has 2 amide bonds. The third-order valence-electron chi connectivity index (χ3n) is 4.52. The first-order chi connectivity index (χ1) is 10.8. The molecule has 0 aromatic heterocycles. The summed E-state index contributed by atoms with van der Waals surface area (Å²) in [4.78, 5) is 14.4. The van der Waals surface area contributed by atoms with Crippen LogP contribution in [-0.2, 0) is 0 Å². The summed E-state index contributed by atoms with van der Waals surface area (Å²) in [5.74, 6) is 0. The molecule has 120 valence electrons. The van der Waals surface area contributed by atoms with E-state index in [0.29, 0.717) is 0 Å². The molecule has 22 heavy (non-hydrogen) atoms. The molecule has 5 nitrogen and oxygen atoms in total. The lowest BCUT2D eigenvalue weighted by Crippen LogP contribution is -2.44. The van der Waals surface area contributed by atoms with Crippen molar-refractivity contribution in [2.45, 2.75) is 38.1 Å². The predicted octanol–water partition coefficient (Wildman–Crippen LogP) is 2.55. The summed E-state index contributed by atoms with van der Waals surface area (Å²) in [6.45, 7) is 4.25. The average Bonchev–Trinajstić information content (AvgIpc) is 2.57. The molecule has 1 aromatic carbocycles. The fourth-order valence-corrected chi connectivity index (χ4v) is 3.23. The number of anilines is 2. The lowest BCUT2D eigenvalue weighted by atomic mass is 10.1. The smallest absolute Gasteiger partial charge is 0.319 e. The highest BCUT2D eigenvalue weighted by atomic mass is 16.2. The fraction of sp³-hybridized carbons (Fsp3) is 0.588. The van der Waals surface area contributed by atoms with E-state index in [4.69, 9.17) is 0 Å². The second-order valence-electron chi connectivity index (χ2n) is 6.22. The number of carbonyl (C=O) groups excluding carboxylic acids is 1. The minimum absolute atomic E-state index is 0.0994. The van der Waals surface area contributed by atoms with Gasteiger partial charge in [-0.3, -0.25) is 0 Å². The van der Waals surface area contributed by atoms with Crippen LogP contribution in [0.3, 0.4) is 0 Å². The largest absolute Gasteiger partial charge is 0.372 e. The summed E-state index contributed by atoms with van der Waals surface area (Å²) in [7, 11) is 0. The van der Waals surface area contributed by atoms with Crippen LogP contribution in [0.2, 0.25) is 0 Å². The van der Waals surface area contributed by atoms with Crippen molar-refractivity contribution in [2.75, 3.05) is 36.4 Å². The number of rotatable bonds is 3. The van der Waals surface area contributed by atoms with Crippen molar-refractivity contribution in [3.8, 4) is 0 Å². The molecule has 2 aliphatic rings. The van der Waals surface area contributed by atoms with E-state index in [1.165, 1.54) is 24.9 Å².